The summed E-state index contributed by atoms with van der Waals surface area (Å²) in [4.78, 5) is 13.6. The van der Waals surface area contributed by atoms with Gasteiger partial charge in [-0.3, -0.25) is 9.48 Å². The fourth-order valence-electron chi connectivity index (χ4n) is 3.10. The van der Waals surface area contributed by atoms with Crippen LogP contribution < -0.4 is 10.5 Å². The van der Waals surface area contributed by atoms with Gasteiger partial charge >= 0.3 is 0 Å². The lowest BCUT2D eigenvalue weighted by atomic mass is 9.93. The van der Waals surface area contributed by atoms with E-state index in [1.54, 1.807) is 18.0 Å². The summed E-state index contributed by atoms with van der Waals surface area (Å²) in [7, 11) is 3.47. The molecule has 0 bridgehead atoms. The van der Waals surface area contributed by atoms with Crippen molar-refractivity contribution in [2.75, 3.05) is 13.7 Å². The van der Waals surface area contributed by atoms with E-state index in [-0.39, 0.29) is 11.7 Å². The van der Waals surface area contributed by atoms with E-state index in [0.717, 1.165) is 17.7 Å². The summed E-state index contributed by atoms with van der Waals surface area (Å²) in [6, 6.07) is 12.1. The summed E-state index contributed by atoms with van der Waals surface area (Å²) in [5.41, 5.74) is 8.95. The molecule has 0 aliphatic carbocycles. The van der Waals surface area contributed by atoms with E-state index < -0.39 is 0 Å². The molecule has 0 fully saturated rings. The minimum absolute atomic E-state index is 0.0756. The van der Waals surface area contributed by atoms with E-state index in [1.807, 2.05) is 36.7 Å². The van der Waals surface area contributed by atoms with Gasteiger partial charge in [-0.1, -0.05) is 30.3 Å². The zero-order valence-electron chi connectivity index (χ0n) is 15.0. The number of hydrogen-bond acceptors (Lipinski definition) is 5. The van der Waals surface area contributed by atoms with Crippen LogP contribution in [0.5, 0.6) is 5.75 Å². The third kappa shape index (κ3) is 3.86. The van der Waals surface area contributed by atoms with Crippen LogP contribution in [-0.2, 0) is 13.5 Å². The molecule has 2 N–H and O–H groups in total. The molecule has 136 valence electrons. The monoisotopic (exact) mass is 369 g/mol. The number of hydrogen-bond donors (Lipinski definition) is 1. The Morgan fingerprint density at radius 1 is 1.31 bits per heavy atom. The van der Waals surface area contributed by atoms with Crippen molar-refractivity contribution in [2.24, 2.45) is 18.7 Å². The number of aromatic nitrogens is 2. The van der Waals surface area contributed by atoms with Crippen molar-refractivity contribution in [3.63, 3.8) is 0 Å². The van der Waals surface area contributed by atoms with Gasteiger partial charge in [0, 0.05) is 25.0 Å². The zero-order chi connectivity index (χ0) is 18.5. The summed E-state index contributed by atoms with van der Waals surface area (Å²) < 4.78 is 7.34. The molecule has 1 atom stereocenters. The number of thiophene rings is 1. The highest BCUT2D eigenvalue weighted by atomic mass is 32.1. The standard InChI is InChI=1S/C20H23N3O2S/c1-23-17(8-9-22-23)16-13-26-20(19(16)25-2)18(24)11-15(12-21)10-14-6-4-3-5-7-14/h3-9,13,15H,10-12,21H2,1-2H3. The summed E-state index contributed by atoms with van der Waals surface area (Å²) in [5.74, 6) is 0.808. The first kappa shape index (κ1) is 18.4. The Kier molecular flexibility index (Phi) is 5.85. The molecule has 3 aromatic rings. The van der Waals surface area contributed by atoms with Gasteiger partial charge in [0.25, 0.3) is 0 Å². The Morgan fingerprint density at radius 2 is 2.08 bits per heavy atom. The first-order valence-electron chi connectivity index (χ1n) is 8.55. The third-order valence-corrected chi connectivity index (χ3v) is 5.48. The van der Waals surface area contributed by atoms with Crippen LogP contribution in [0.4, 0.5) is 0 Å². The van der Waals surface area contributed by atoms with Gasteiger partial charge in [-0.05, 0) is 30.5 Å². The highest BCUT2D eigenvalue weighted by Crippen LogP contribution is 2.39. The van der Waals surface area contributed by atoms with Crippen molar-refractivity contribution in [1.82, 2.24) is 9.78 Å². The van der Waals surface area contributed by atoms with Crippen LogP contribution in [0.15, 0.2) is 48.0 Å². The molecule has 1 unspecified atom stereocenters. The number of carbonyl (C=O) groups excluding carboxylic acids is 1. The molecule has 2 heterocycles. The molecule has 26 heavy (non-hydrogen) atoms. The van der Waals surface area contributed by atoms with Crippen molar-refractivity contribution in [3.8, 4) is 17.0 Å². The van der Waals surface area contributed by atoms with E-state index in [4.69, 9.17) is 10.5 Å². The normalized spacial score (nSPS) is 12.1. The summed E-state index contributed by atoms with van der Waals surface area (Å²) in [5, 5.41) is 6.15. The molecule has 0 aliphatic rings. The first-order valence-corrected chi connectivity index (χ1v) is 9.43. The number of methoxy groups -OCH3 is 1. The molecule has 0 saturated carbocycles. The lowest BCUT2D eigenvalue weighted by Crippen LogP contribution is -2.20. The van der Waals surface area contributed by atoms with Gasteiger partial charge in [-0.15, -0.1) is 11.3 Å². The first-order chi connectivity index (χ1) is 12.6. The van der Waals surface area contributed by atoms with Gasteiger partial charge in [0.2, 0.25) is 0 Å². The number of aryl methyl sites for hydroxylation is 1. The van der Waals surface area contributed by atoms with E-state index in [9.17, 15) is 4.79 Å². The maximum Gasteiger partial charge on any atom is 0.176 e. The van der Waals surface area contributed by atoms with Crippen LogP contribution in [0.25, 0.3) is 11.3 Å². The van der Waals surface area contributed by atoms with Crippen molar-refractivity contribution in [3.05, 3.63) is 58.4 Å². The van der Waals surface area contributed by atoms with Crippen LogP contribution in [0.3, 0.4) is 0 Å². The van der Waals surface area contributed by atoms with Crippen LogP contribution in [0.2, 0.25) is 0 Å². The van der Waals surface area contributed by atoms with Crippen molar-refractivity contribution in [2.45, 2.75) is 12.8 Å². The fraction of sp³-hybridized carbons (Fsp3) is 0.300. The molecule has 0 aliphatic heterocycles. The van der Waals surface area contributed by atoms with Gasteiger partial charge in [-0.2, -0.15) is 5.10 Å². The highest BCUT2D eigenvalue weighted by molar-refractivity contribution is 7.13. The Hall–Kier alpha value is -2.44. The SMILES string of the molecule is COc1c(-c2ccnn2C)csc1C(=O)CC(CN)Cc1ccccc1. The Morgan fingerprint density at radius 3 is 2.69 bits per heavy atom. The Labute approximate surface area is 157 Å². The molecule has 2 aromatic heterocycles. The fourth-order valence-corrected chi connectivity index (χ4v) is 4.08. The lowest BCUT2D eigenvalue weighted by molar-refractivity contribution is 0.0963. The number of carbonyl (C=O) groups is 1. The summed E-state index contributed by atoms with van der Waals surface area (Å²) in [6.07, 6.45) is 2.94. The summed E-state index contributed by atoms with van der Waals surface area (Å²) in [6.45, 7) is 0.475. The number of nitrogens with zero attached hydrogens (tertiary/aromatic N) is 2. The van der Waals surface area contributed by atoms with Crippen LogP contribution in [0, 0.1) is 5.92 Å². The lowest BCUT2D eigenvalue weighted by Gasteiger charge is -2.14. The van der Waals surface area contributed by atoms with Gasteiger partial charge in [0.15, 0.2) is 5.78 Å². The quantitative estimate of drug-likeness (QED) is 0.617. The molecular formula is C20H23N3O2S. The summed E-state index contributed by atoms with van der Waals surface area (Å²) >= 11 is 1.42. The minimum atomic E-state index is 0.0756. The van der Waals surface area contributed by atoms with Gasteiger partial charge in [0.1, 0.15) is 10.6 Å². The van der Waals surface area contributed by atoms with Gasteiger partial charge in [0.05, 0.1) is 18.4 Å². The van der Waals surface area contributed by atoms with E-state index >= 15 is 0 Å². The van der Waals surface area contributed by atoms with Crippen molar-refractivity contribution < 1.29 is 9.53 Å². The van der Waals surface area contributed by atoms with E-state index in [1.165, 1.54) is 16.9 Å². The van der Waals surface area contributed by atoms with Gasteiger partial charge in [-0.25, -0.2) is 0 Å². The smallest absolute Gasteiger partial charge is 0.176 e. The van der Waals surface area contributed by atoms with E-state index in [2.05, 4.69) is 17.2 Å². The number of ketones is 1. The average molecular weight is 369 g/mol. The maximum absolute atomic E-state index is 12.9. The number of benzene rings is 1. The molecule has 0 amide bonds. The molecular weight excluding hydrogens is 346 g/mol. The van der Waals surface area contributed by atoms with Crippen LogP contribution in [-0.4, -0.2) is 29.2 Å². The molecule has 0 spiro atoms. The third-order valence-electron chi connectivity index (χ3n) is 4.47. The largest absolute Gasteiger partial charge is 0.494 e. The number of Topliss-reactive ketones (excluding diaryl/α,β-unsaturated/α-hetero) is 1. The zero-order valence-corrected chi connectivity index (χ0v) is 15.8. The minimum Gasteiger partial charge on any atom is -0.494 e. The number of rotatable bonds is 8. The van der Waals surface area contributed by atoms with Crippen LogP contribution >= 0.6 is 11.3 Å². The van der Waals surface area contributed by atoms with E-state index in [0.29, 0.717) is 23.6 Å². The molecule has 0 saturated heterocycles. The van der Waals surface area contributed by atoms with Crippen LogP contribution in [0.1, 0.15) is 21.7 Å². The number of ether oxygens (including phenoxy) is 1. The molecule has 0 radical (unpaired) electrons. The van der Waals surface area contributed by atoms with Crippen molar-refractivity contribution in [1.29, 1.82) is 0 Å². The predicted octanol–water partition coefficient (Wildman–Crippen LogP) is 3.55. The Bertz CT molecular complexity index is 870. The predicted molar refractivity (Wildman–Crippen MR) is 105 cm³/mol. The maximum atomic E-state index is 12.9. The van der Waals surface area contributed by atoms with Gasteiger partial charge < -0.3 is 10.5 Å². The second-order valence-corrected chi connectivity index (χ2v) is 7.15. The second kappa shape index (κ2) is 8.29. The molecule has 3 rings (SSSR count). The topological polar surface area (TPSA) is 70.1 Å². The molecule has 5 nitrogen and oxygen atoms in total. The molecule has 6 heteroatoms. The molecule has 1 aromatic carbocycles. The number of nitrogens with two attached hydrogens (primary N) is 1. The highest BCUT2D eigenvalue weighted by Gasteiger charge is 2.23. The van der Waals surface area contributed by atoms with Crippen molar-refractivity contribution >= 4 is 17.1 Å². The average Bonchev–Trinajstić information content (AvgIpc) is 3.27. The Balaban J connectivity index is 1.79. The second-order valence-electron chi connectivity index (χ2n) is 6.27.